The first-order valence-electron chi connectivity index (χ1n) is 9.93. The van der Waals surface area contributed by atoms with E-state index in [2.05, 4.69) is 4.98 Å². The van der Waals surface area contributed by atoms with Gasteiger partial charge in [-0.25, -0.2) is 9.37 Å². The van der Waals surface area contributed by atoms with Crippen LogP contribution in [-0.4, -0.2) is 26.9 Å². The van der Waals surface area contributed by atoms with Gasteiger partial charge < -0.3 is 14.7 Å². The number of rotatable bonds is 9. The van der Waals surface area contributed by atoms with Crippen molar-refractivity contribution in [3.8, 4) is 5.75 Å². The second kappa shape index (κ2) is 10.7. The third-order valence-electron chi connectivity index (χ3n) is 4.93. The number of benzene rings is 2. The van der Waals surface area contributed by atoms with Crippen LogP contribution in [0.2, 0.25) is 5.02 Å². The molecule has 31 heavy (non-hydrogen) atoms. The summed E-state index contributed by atoms with van der Waals surface area (Å²) < 4.78 is 19.6. The van der Waals surface area contributed by atoms with Gasteiger partial charge in [0.05, 0.1) is 12.3 Å². The van der Waals surface area contributed by atoms with Crippen molar-refractivity contribution in [3.05, 3.63) is 80.5 Å². The molecule has 0 aliphatic heterocycles. The molecule has 164 valence electrons. The number of thiazole rings is 1. The van der Waals surface area contributed by atoms with Crippen LogP contribution in [0.5, 0.6) is 5.75 Å². The predicted octanol–water partition coefficient (Wildman–Crippen LogP) is 5.45. The summed E-state index contributed by atoms with van der Waals surface area (Å²) in [6.07, 6.45) is 0.737. The molecule has 5 nitrogen and oxygen atoms in total. The minimum Gasteiger partial charge on any atom is -0.486 e. The van der Waals surface area contributed by atoms with Gasteiger partial charge in [-0.15, -0.1) is 11.3 Å². The molecule has 0 fully saturated rings. The van der Waals surface area contributed by atoms with Crippen LogP contribution in [-0.2, 0) is 19.8 Å². The Bertz CT molecular complexity index is 1040. The lowest BCUT2D eigenvalue weighted by Gasteiger charge is -2.29. The highest BCUT2D eigenvalue weighted by molar-refractivity contribution is 7.09. The van der Waals surface area contributed by atoms with Gasteiger partial charge in [-0.05, 0) is 49.7 Å². The molecule has 3 aromatic rings. The van der Waals surface area contributed by atoms with Crippen molar-refractivity contribution < 1.29 is 19.0 Å². The van der Waals surface area contributed by atoms with E-state index in [1.165, 1.54) is 29.5 Å². The van der Waals surface area contributed by atoms with Crippen molar-refractivity contribution >= 4 is 28.8 Å². The number of halogens is 2. The summed E-state index contributed by atoms with van der Waals surface area (Å²) in [5, 5.41) is 12.2. The van der Waals surface area contributed by atoms with Crippen LogP contribution >= 0.6 is 22.9 Å². The summed E-state index contributed by atoms with van der Waals surface area (Å²) >= 11 is 7.63. The topological polar surface area (TPSA) is 62.7 Å². The fraction of sp³-hybridized carbons (Fsp3) is 0.304. The molecule has 8 heteroatoms. The Morgan fingerprint density at radius 1 is 1.32 bits per heavy atom. The van der Waals surface area contributed by atoms with Gasteiger partial charge in [0, 0.05) is 34.1 Å². The van der Waals surface area contributed by atoms with E-state index >= 15 is 0 Å². The van der Waals surface area contributed by atoms with Crippen molar-refractivity contribution in [2.24, 2.45) is 0 Å². The fourth-order valence-corrected chi connectivity index (χ4v) is 3.95. The van der Waals surface area contributed by atoms with Gasteiger partial charge in [-0.3, -0.25) is 4.79 Å². The highest BCUT2D eigenvalue weighted by atomic mass is 35.5. The quantitative estimate of drug-likeness (QED) is 0.459. The number of amides is 1. The highest BCUT2D eigenvalue weighted by Gasteiger charge is 2.23. The number of hydrogen-bond acceptors (Lipinski definition) is 5. The molecule has 0 unspecified atom stereocenters. The number of aliphatic hydroxyl groups is 1. The third kappa shape index (κ3) is 6.03. The van der Waals surface area contributed by atoms with Crippen LogP contribution in [0.1, 0.15) is 46.9 Å². The van der Waals surface area contributed by atoms with E-state index in [-0.39, 0.29) is 31.7 Å². The Morgan fingerprint density at radius 3 is 2.81 bits per heavy atom. The minimum absolute atomic E-state index is 0.0753. The molecule has 1 amide bonds. The Labute approximate surface area is 190 Å². The van der Waals surface area contributed by atoms with E-state index in [4.69, 9.17) is 16.3 Å². The average molecular weight is 463 g/mol. The van der Waals surface area contributed by atoms with Gasteiger partial charge in [0.25, 0.3) is 5.91 Å². The van der Waals surface area contributed by atoms with Crippen molar-refractivity contribution in [1.82, 2.24) is 9.88 Å². The molecule has 1 heterocycles. The zero-order valence-electron chi connectivity index (χ0n) is 17.3. The molecule has 3 rings (SSSR count). The maximum absolute atomic E-state index is 13.7. The van der Waals surface area contributed by atoms with Crippen LogP contribution in [0, 0.1) is 5.82 Å². The Balaban J connectivity index is 1.84. The molecule has 0 aliphatic carbocycles. The Morgan fingerprint density at radius 2 is 2.13 bits per heavy atom. The molecule has 1 N–H and O–H groups in total. The lowest BCUT2D eigenvalue weighted by atomic mass is 10.1. The average Bonchev–Trinajstić information content (AvgIpc) is 3.24. The molecule has 0 spiro atoms. The second-order valence-corrected chi connectivity index (χ2v) is 8.51. The van der Waals surface area contributed by atoms with E-state index in [1.54, 1.807) is 34.5 Å². The normalized spacial score (nSPS) is 11.9. The lowest BCUT2D eigenvalue weighted by molar-refractivity contribution is 0.0669. The molecule has 0 bridgehead atoms. The summed E-state index contributed by atoms with van der Waals surface area (Å²) in [7, 11) is 0. The number of carbonyl (C=O) groups excluding carboxylic acids is 1. The third-order valence-corrected chi connectivity index (χ3v) is 6.04. The zero-order chi connectivity index (χ0) is 22.4. The van der Waals surface area contributed by atoms with E-state index in [0.717, 1.165) is 17.0 Å². The molecular weight excluding hydrogens is 439 g/mol. The standard InChI is InChI=1S/C23H24ClFN2O3S/c1-3-15(2)27(23(29)16-5-4-6-19(25)10-16)11-17-9-18(24)7-8-21(17)30-13-22-26-20(12-28)14-31-22/h4-10,14-15,28H,3,11-13H2,1-2H3/t15-/m1/s1. The first kappa shape index (κ1) is 23.2. The van der Waals surface area contributed by atoms with E-state index in [0.29, 0.717) is 22.0 Å². The zero-order valence-corrected chi connectivity index (χ0v) is 18.9. The Kier molecular flexibility index (Phi) is 8.01. The van der Waals surface area contributed by atoms with Crippen molar-refractivity contribution in [3.63, 3.8) is 0 Å². The second-order valence-electron chi connectivity index (χ2n) is 7.13. The number of ether oxygens (including phenoxy) is 1. The summed E-state index contributed by atoms with van der Waals surface area (Å²) in [5.41, 5.74) is 1.64. The van der Waals surface area contributed by atoms with Crippen molar-refractivity contribution in [2.75, 3.05) is 0 Å². The van der Waals surface area contributed by atoms with Gasteiger partial charge in [0.2, 0.25) is 0 Å². The Hall–Kier alpha value is -2.48. The van der Waals surface area contributed by atoms with Gasteiger partial charge in [-0.1, -0.05) is 24.6 Å². The molecule has 1 atom stereocenters. The molecule has 0 radical (unpaired) electrons. The monoisotopic (exact) mass is 462 g/mol. The van der Waals surface area contributed by atoms with Crippen LogP contribution < -0.4 is 4.74 Å². The maximum Gasteiger partial charge on any atom is 0.254 e. The summed E-state index contributed by atoms with van der Waals surface area (Å²) in [6, 6.07) is 10.9. The minimum atomic E-state index is -0.451. The molecule has 0 aliphatic rings. The number of aromatic nitrogens is 1. The largest absolute Gasteiger partial charge is 0.486 e. The molecule has 0 saturated heterocycles. The SMILES string of the molecule is CC[C@@H](C)N(Cc1cc(Cl)ccc1OCc1nc(CO)cs1)C(=O)c1cccc(F)c1. The van der Waals surface area contributed by atoms with Crippen molar-refractivity contribution in [1.29, 1.82) is 0 Å². The summed E-state index contributed by atoms with van der Waals surface area (Å²) in [5.74, 6) is -0.120. The fourth-order valence-electron chi connectivity index (χ4n) is 3.06. The highest BCUT2D eigenvalue weighted by Crippen LogP contribution is 2.27. The van der Waals surface area contributed by atoms with Gasteiger partial charge >= 0.3 is 0 Å². The van der Waals surface area contributed by atoms with Crippen molar-refractivity contribution in [2.45, 2.75) is 46.1 Å². The van der Waals surface area contributed by atoms with Gasteiger partial charge in [0.1, 0.15) is 23.2 Å². The predicted molar refractivity (Wildman–Crippen MR) is 120 cm³/mol. The molecule has 0 saturated carbocycles. The van der Waals surface area contributed by atoms with Crippen LogP contribution in [0.3, 0.4) is 0 Å². The lowest BCUT2D eigenvalue weighted by Crippen LogP contribution is -2.38. The van der Waals surface area contributed by atoms with E-state index < -0.39 is 5.82 Å². The number of aliphatic hydroxyl groups excluding tert-OH is 1. The molecule has 1 aromatic heterocycles. The first-order valence-corrected chi connectivity index (χ1v) is 11.2. The summed E-state index contributed by atoms with van der Waals surface area (Å²) in [4.78, 5) is 19.1. The van der Waals surface area contributed by atoms with Crippen LogP contribution in [0.25, 0.3) is 0 Å². The smallest absolute Gasteiger partial charge is 0.254 e. The molecule has 2 aromatic carbocycles. The number of hydrogen-bond donors (Lipinski definition) is 1. The van der Waals surface area contributed by atoms with E-state index in [9.17, 15) is 14.3 Å². The molecular formula is C23H24ClFN2O3S. The van der Waals surface area contributed by atoms with Gasteiger partial charge in [-0.2, -0.15) is 0 Å². The van der Waals surface area contributed by atoms with Gasteiger partial charge in [0.15, 0.2) is 0 Å². The summed E-state index contributed by atoms with van der Waals surface area (Å²) in [6.45, 7) is 4.33. The van der Waals surface area contributed by atoms with Crippen LogP contribution in [0.15, 0.2) is 47.8 Å². The van der Waals surface area contributed by atoms with Crippen LogP contribution in [0.4, 0.5) is 4.39 Å². The number of carbonyl (C=O) groups is 1. The first-order chi connectivity index (χ1) is 14.9. The van der Waals surface area contributed by atoms with E-state index in [1.807, 2.05) is 13.8 Å². The maximum atomic E-state index is 13.7. The number of nitrogens with zero attached hydrogens (tertiary/aromatic N) is 2.